The molecule has 5 nitrogen and oxygen atoms in total. The van der Waals surface area contributed by atoms with Crippen LogP contribution in [0.1, 0.15) is 63.2 Å². The Morgan fingerprint density at radius 1 is 1.00 bits per heavy atom. The molecule has 0 saturated carbocycles. The van der Waals surface area contributed by atoms with Crippen LogP contribution >= 0.6 is 0 Å². The first-order chi connectivity index (χ1) is 11.7. The predicted molar refractivity (Wildman–Crippen MR) is 102 cm³/mol. The Bertz CT molecular complexity index is 630. The van der Waals surface area contributed by atoms with Crippen LogP contribution in [0.5, 0.6) is 5.75 Å². The molecule has 25 heavy (non-hydrogen) atoms. The summed E-state index contributed by atoms with van der Waals surface area (Å²) >= 11 is 0. The molecule has 0 spiro atoms. The molecule has 1 aromatic carbocycles. The number of nitrogens with one attached hydrogen (secondary N) is 1. The van der Waals surface area contributed by atoms with Crippen molar-refractivity contribution >= 4 is 15.7 Å². The van der Waals surface area contributed by atoms with Gasteiger partial charge in [0.15, 0.2) is 9.84 Å². The molecule has 0 aliphatic rings. The highest BCUT2D eigenvalue weighted by Crippen LogP contribution is 2.18. The summed E-state index contributed by atoms with van der Waals surface area (Å²) in [7, 11) is -1.42. The molecule has 0 bridgehead atoms. The monoisotopic (exact) mass is 369 g/mol. The Morgan fingerprint density at radius 3 is 2.12 bits per heavy atom. The molecule has 1 N–H and O–H groups in total. The van der Waals surface area contributed by atoms with Gasteiger partial charge in [0.05, 0.1) is 17.6 Å². The van der Waals surface area contributed by atoms with E-state index >= 15 is 0 Å². The first-order valence-electron chi connectivity index (χ1n) is 8.82. The lowest BCUT2D eigenvalue weighted by molar-refractivity contribution is 0.0953. The van der Waals surface area contributed by atoms with Gasteiger partial charge in [0, 0.05) is 12.1 Å². The SMILES string of the molecule is COc1ccc(C(=O)NCCCCCCCS(=O)(=O)C(C)(C)C)cc1. The largest absolute Gasteiger partial charge is 0.497 e. The van der Waals surface area contributed by atoms with Gasteiger partial charge >= 0.3 is 0 Å². The van der Waals surface area contributed by atoms with Crippen molar-refractivity contribution in [3.63, 3.8) is 0 Å². The lowest BCUT2D eigenvalue weighted by atomic mass is 10.1. The van der Waals surface area contributed by atoms with E-state index in [2.05, 4.69) is 5.32 Å². The fourth-order valence-corrected chi connectivity index (χ4v) is 3.50. The lowest BCUT2D eigenvalue weighted by Gasteiger charge is -2.18. The Labute approximate surface area is 152 Å². The minimum Gasteiger partial charge on any atom is -0.497 e. The highest BCUT2D eigenvalue weighted by Gasteiger charge is 2.27. The third-order valence-electron chi connectivity index (χ3n) is 4.16. The summed E-state index contributed by atoms with van der Waals surface area (Å²) < 4.78 is 28.4. The van der Waals surface area contributed by atoms with Crippen molar-refractivity contribution in [1.29, 1.82) is 0 Å². The minimum atomic E-state index is -3.01. The molecule has 0 heterocycles. The summed E-state index contributed by atoms with van der Waals surface area (Å²) in [5.41, 5.74) is 0.619. The summed E-state index contributed by atoms with van der Waals surface area (Å²) in [5, 5.41) is 2.90. The fourth-order valence-electron chi connectivity index (χ4n) is 2.30. The molecule has 0 atom stereocenters. The Kier molecular flexibility index (Phi) is 8.42. The van der Waals surface area contributed by atoms with E-state index in [1.54, 1.807) is 52.1 Å². The van der Waals surface area contributed by atoms with Crippen LogP contribution in [0.25, 0.3) is 0 Å². The quantitative estimate of drug-likeness (QED) is 0.640. The van der Waals surface area contributed by atoms with E-state index in [9.17, 15) is 13.2 Å². The molecule has 0 unspecified atom stereocenters. The van der Waals surface area contributed by atoms with Gasteiger partial charge in [-0.3, -0.25) is 4.79 Å². The molecule has 6 heteroatoms. The van der Waals surface area contributed by atoms with Gasteiger partial charge in [-0.25, -0.2) is 8.42 Å². The summed E-state index contributed by atoms with van der Waals surface area (Å²) in [6.45, 7) is 5.86. The van der Waals surface area contributed by atoms with Crippen LogP contribution in [-0.4, -0.2) is 38.5 Å². The summed E-state index contributed by atoms with van der Waals surface area (Å²) in [6, 6.07) is 7.01. The van der Waals surface area contributed by atoms with E-state index in [0.717, 1.165) is 31.4 Å². The standard InChI is InChI=1S/C19H31NO4S/c1-19(2,3)25(22,23)15-9-7-5-6-8-14-20-18(21)16-10-12-17(24-4)13-11-16/h10-13H,5-9,14-15H2,1-4H3,(H,20,21). The first kappa shape index (κ1) is 21.5. The molecule has 142 valence electrons. The van der Waals surface area contributed by atoms with Crippen molar-refractivity contribution < 1.29 is 17.9 Å². The molecular weight excluding hydrogens is 338 g/mol. The second-order valence-corrected chi connectivity index (χ2v) is 10.0. The van der Waals surface area contributed by atoms with E-state index in [4.69, 9.17) is 4.74 Å². The van der Waals surface area contributed by atoms with Gasteiger partial charge < -0.3 is 10.1 Å². The Morgan fingerprint density at radius 2 is 1.56 bits per heavy atom. The third-order valence-corrected chi connectivity index (χ3v) is 6.85. The number of ether oxygens (including phenoxy) is 1. The number of hydrogen-bond acceptors (Lipinski definition) is 4. The maximum Gasteiger partial charge on any atom is 0.251 e. The van der Waals surface area contributed by atoms with Crippen LogP contribution in [-0.2, 0) is 9.84 Å². The van der Waals surface area contributed by atoms with Crippen LogP contribution in [0.4, 0.5) is 0 Å². The Hall–Kier alpha value is -1.56. The average molecular weight is 370 g/mol. The van der Waals surface area contributed by atoms with Crippen molar-refractivity contribution in [2.45, 2.75) is 57.6 Å². The fraction of sp³-hybridized carbons (Fsp3) is 0.632. The number of carbonyl (C=O) groups excluding carboxylic acids is 1. The topological polar surface area (TPSA) is 72.5 Å². The zero-order chi connectivity index (χ0) is 18.9. The van der Waals surface area contributed by atoms with Crippen molar-refractivity contribution in [2.75, 3.05) is 19.4 Å². The van der Waals surface area contributed by atoms with E-state index in [0.29, 0.717) is 18.5 Å². The van der Waals surface area contributed by atoms with Gasteiger partial charge in [0.2, 0.25) is 0 Å². The maximum absolute atomic E-state index is 12.0. The van der Waals surface area contributed by atoms with Crippen LogP contribution in [0.3, 0.4) is 0 Å². The normalized spacial score (nSPS) is 12.0. The smallest absolute Gasteiger partial charge is 0.251 e. The van der Waals surface area contributed by atoms with E-state index in [1.807, 2.05) is 0 Å². The van der Waals surface area contributed by atoms with Crippen LogP contribution in [0.15, 0.2) is 24.3 Å². The van der Waals surface area contributed by atoms with Crippen molar-refractivity contribution in [3.05, 3.63) is 29.8 Å². The number of carbonyl (C=O) groups is 1. The zero-order valence-corrected chi connectivity index (χ0v) is 16.6. The average Bonchev–Trinajstić information content (AvgIpc) is 2.56. The highest BCUT2D eigenvalue weighted by atomic mass is 32.2. The van der Waals surface area contributed by atoms with Crippen LogP contribution in [0, 0.1) is 0 Å². The third kappa shape index (κ3) is 7.46. The van der Waals surface area contributed by atoms with Crippen molar-refractivity contribution in [3.8, 4) is 5.75 Å². The van der Waals surface area contributed by atoms with Crippen molar-refractivity contribution in [1.82, 2.24) is 5.32 Å². The van der Waals surface area contributed by atoms with Crippen LogP contribution in [0.2, 0.25) is 0 Å². The number of hydrogen-bond donors (Lipinski definition) is 1. The summed E-state index contributed by atoms with van der Waals surface area (Å²) in [5.74, 6) is 0.897. The molecule has 1 amide bonds. The highest BCUT2D eigenvalue weighted by molar-refractivity contribution is 7.92. The molecule has 1 aromatic rings. The molecule has 0 aliphatic heterocycles. The maximum atomic E-state index is 12.0. The molecular formula is C19H31NO4S. The van der Waals surface area contributed by atoms with E-state index in [-0.39, 0.29) is 11.7 Å². The molecule has 0 radical (unpaired) electrons. The second kappa shape index (κ2) is 9.80. The van der Waals surface area contributed by atoms with Gasteiger partial charge in [-0.1, -0.05) is 19.3 Å². The number of methoxy groups -OCH3 is 1. The van der Waals surface area contributed by atoms with Gasteiger partial charge in [0.1, 0.15) is 5.75 Å². The zero-order valence-electron chi connectivity index (χ0n) is 15.8. The first-order valence-corrected chi connectivity index (χ1v) is 10.5. The molecule has 0 aromatic heterocycles. The van der Waals surface area contributed by atoms with Crippen molar-refractivity contribution in [2.24, 2.45) is 0 Å². The van der Waals surface area contributed by atoms with Gasteiger partial charge in [0.25, 0.3) is 5.91 Å². The molecule has 0 aliphatic carbocycles. The number of unbranched alkanes of at least 4 members (excludes halogenated alkanes) is 4. The van der Waals surface area contributed by atoms with E-state index in [1.165, 1.54) is 0 Å². The number of benzene rings is 1. The number of amides is 1. The van der Waals surface area contributed by atoms with Gasteiger partial charge in [-0.15, -0.1) is 0 Å². The lowest BCUT2D eigenvalue weighted by Crippen LogP contribution is -2.30. The minimum absolute atomic E-state index is 0.0843. The van der Waals surface area contributed by atoms with Gasteiger partial charge in [-0.2, -0.15) is 0 Å². The molecule has 0 fully saturated rings. The summed E-state index contributed by atoms with van der Waals surface area (Å²) in [6.07, 6.45) is 4.48. The van der Waals surface area contributed by atoms with Crippen LogP contribution < -0.4 is 10.1 Å². The molecule has 1 rings (SSSR count). The summed E-state index contributed by atoms with van der Waals surface area (Å²) in [4.78, 5) is 12.0. The van der Waals surface area contributed by atoms with Gasteiger partial charge in [-0.05, 0) is 57.9 Å². The van der Waals surface area contributed by atoms with E-state index < -0.39 is 14.6 Å². The second-order valence-electron chi connectivity index (χ2n) is 7.18. The molecule has 0 saturated heterocycles. The number of rotatable bonds is 10. The predicted octanol–water partition coefficient (Wildman–Crippen LogP) is 3.59. The Balaban J connectivity index is 2.13. The number of sulfone groups is 1.